The monoisotopic (exact) mass is 298 g/mol. The summed E-state index contributed by atoms with van der Waals surface area (Å²) in [5, 5.41) is 2.50. The van der Waals surface area contributed by atoms with Gasteiger partial charge in [0, 0.05) is 27.5 Å². The van der Waals surface area contributed by atoms with Crippen LogP contribution in [0.2, 0.25) is 0 Å². The van der Waals surface area contributed by atoms with E-state index in [1.165, 1.54) is 51.5 Å². The second-order valence-electron chi connectivity index (χ2n) is 6.56. The molecule has 1 saturated carbocycles. The van der Waals surface area contributed by atoms with Crippen LogP contribution in [0.15, 0.2) is 54.6 Å². The highest BCUT2D eigenvalue weighted by Crippen LogP contribution is 2.43. The molecule has 0 bridgehead atoms. The number of aryl methyl sites for hydroxylation is 1. The Bertz CT molecular complexity index is 1040. The van der Waals surface area contributed by atoms with Gasteiger partial charge >= 0.3 is 0 Å². The zero-order chi connectivity index (χ0) is 15.4. The summed E-state index contributed by atoms with van der Waals surface area (Å²) >= 11 is 0. The topological polar surface area (TPSA) is 28.7 Å². The van der Waals surface area contributed by atoms with E-state index in [9.17, 15) is 0 Å². The predicted molar refractivity (Wildman–Crippen MR) is 95.7 cm³/mol. The van der Waals surface area contributed by atoms with E-state index in [2.05, 4.69) is 66.5 Å². The zero-order valence-electron chi connectivity index (χ0n) is 13.1. The summed E-state index contributed by atoms with van der Waals surface area (Å²) in [6.45, 7) is 2.13. The maximum atomic E-state index is 5.07. The molecule has 0 radical (unpaired) electrons. The molecule has 0 spiro atoms. The van der Waals surface area contributed by atoms with Crippen molar-refractivity contribution in [2.75, 3.05) is 0 Å². The van der Waals surface area contributed by atoms with Crippen LogP contribution in [0.25, 0.3) is 33.1 Å². The SMILES string of the molecule is Cc1[nH]c2ccccc2c1-c1ccc2cccc(C3CC3)c2n1. The number of nitrogens with zero attached hydrogens (tertiary/aromatic N) is 1. The lowest BCUT2D eigenvalue weighted by Crippen LogP contribution is -1.91. The van der Waals surface area contributed by atoms with Gasteiger partial charge in [-0.25, -0.2) is 4.98 Å². The molecule has 0 aliphatic heterocycles. The fraction of sp³-hybridized carbons (Fsp3) is 0.190. The minimum Gasteiger partial charge on any atom is -0.358 e. The molecule has 2 nitrogen and oxygen atoms in total. The number of aromatic amines is 1. The summed E-state index contributed by atoms with van der Waals surface area (Å²) in [5.74, 6) is 0.713. The number of benzene rings is 2. The molecular formula is C21H18N2. The van der Waals surface area contributed by atoms with E-state index in [-0.39, 0.29) is 0 Å². The van der Waals surface area contributed by atoms with Gasteiger partial charge in [0.05, 0.1) is 11.2 Å². The molecule has 0 atom stereocenters. The van der Waals surface area contributed by atoms with Gasteiger partial charge < -0.3 is 4.98 Å². The number of para-hydroxylation sites is 2. The van der Waals surface area contributed by atoms with Crippen LogP contribution >= 0.6 is 0 Å². The number of nitrogens with one attached hydrogen (secondary N) is 1. The molecule has 2 heteroatoms. The summed E-state index contributed by atoms with van der Waals surface area (Å²) in [6, 6.07) is 19.4. The van der Waals surface area contributed by atoms with Crippen molar-refractivity contribution in [1.82, 2.24) is 9.97 Å². The van der Waals surface area contributed by atoms with E-state index in [0.29, 0.717) is 5.92 Å². The van der Waals surface area contributed by atoms with Gasteiger partial charge in [-0.2, -0.15) is 0 Å². The Kier molecular flexibility index (Phi) is 2.63. The van der Waals surface area contributed by atoms with E-state index < -0.39 is 0 Å². The third kappa shape index (κ3) is 1.98. The average molecular weight is 298 g/mol. The first-order chi connectivity index (χ1) is 11.3. The van der Waals surface area contributed by atoms with Crippen LogP contribution in [0.3, 0.4) is 0 Å². The minimum atomic E-state index is 0.713. The van der Waals surface area contributed by atoms with Crippen LogP contribution in [-0.4, -0.2) is 9.97 Å². The van der Waals surface area contributed by atoms with Gasteiger partial charge in [-0.3, -0.25) is 0 Å². The number of aromatic nitrogens is 2. The maximum absolute atomic E-state index is 5.07. The molecule has 0 saturated heterocycles. The van der Waals surface area contributed by atoms with Crippen molar-refractivity contribution in [3.05, 3.63) is 65.9 Å². The first-order valence-corrected chi connectivity index (χ1v) is 8.28. The van der Waals surface area contributed by atoms with Crippen molar-refractivity contribution in [3.8, 4) is 11.3 Å². The Balaban J connectivity index is 1.79. The van der Waals surface area contributed by atoms with E-state index in [1.807, 2.05) is 0 Å². The quantitative estimate of drug-likeness (QED) is 0.515. The lowest BCUT2D eigenvalue weighted by atomic mass is 10.0. The molecule has 23 heavy (non-hydrogen) atoms. The Morgan fingerprint density at radius 2 is 1.83 bits per heavy atom. The van der Waals surface area contributed by atoms with Crippen LogP contribution in [0.1, 0.15) is 30.0 Å². The van der Waals surface area contributed by atoms with Crippen LogP contribution in [0.5, 0.6) is 0 Å². The summed E-state index contributed by atoms with van der Waals surface area (Å²) in [5.41, 5.74) is 7.26. The summed E-state index contributed by atoms with van der Waals surface area (Å²) in [6.07, 6.45) is 2.61. The third-order valence-corrected chi connectivity index (χ3v) is 4.92. The first kappa shape index (κ1) is 12.9. The molecule has 2 aromatic carbocycles. The average Bonchev–Trinajstić information content (AvgIpc) is 3.36. The highest BCUT2D eigenvalue weighted by Gasteiger charge is 2.26. The summed E-state index contributed by atoms with van der Waals surface area (Å²) < 4.78 is 0. The van der Waals surface area contributed by atoms with Crippen molar-refractivity contribution in [2.45, 2.75) is 25.7 Å². The van der Waals surface area contributed by atoms with E-state index in [1.54, 1.807) is 0 Å². The summed E-state index contributed by atoms with van der Waals surface area (Å²) in [4.78, 5) is 8.55. The Morgan fingerprint density at radius 3 is 2.70 bits per heavy atom. The van der Waals surface area contributed by atoms with Crippen molar-refractivity contribution >= 4 is 21.8 Å². The molecule has 2 heterocycles. The maximum Gasteiger partial charge on any atom is 0.0744 e. The number of fused-ring (bicyclic) bond motifs is 2. The molecular weight excluding hydrogens is 280 g/mol. The Labute approximate surface area is 135 Å². The van der Waals surface area contributed by atoms with Crippen LogP contribution in [0.4, 0.5) is 0 Å². The molecule has 112 valence electrons. The van der Waals surface area contributed by atoms with Crippen molar-refractivity contribution in [1.29, 1.82) is 0 Å². The lowest BCUT2D eigenvalue weighted by Gasteiger charge is -2.08. The van der Waals surface area contributed by atoms with Crippen molar-refractivity contribution in [3.63, 3.8) is 0 Å². The Morgan fingerprint density at radius 1 is 0.957 bits per heavy atom. The van der Waals surface area contributed by atoms with E-state index in [4.69, 9.17) is 4.98 Å². The fourth-order valence-electron chi connectivity index (χ4n) is 3.64. The zero-order valence-corrected chi connectivity index (χ0v) is 13.1. The highest BCUT2D eigenvalue weighted by atomic mass is 14.8. The van der Waals surface area contributed by atoms with Gasteiger partial charge in [0.2, 0.25) is 0 Å². The number of hydrogen-bond acceptors (Lipinski definition) is 1. The molecule has 1 aliphatic carbocycles. The standard InChI is InChI=1S/C21H18N2/c1-13-20(17-6-2-3-8-18(17)22-13)19-12-11-15-5-4-7-16(14-9-10-14)21(15)23-19/h2-8,11-12,14,22H,9-10H2,1H3. The molecule has 5 rings (SSSR count). The lowest BCUT2D eigenvalue weighted by molar-refractivity contribution is 1.14. The van der Waals surface area contributed by atoms with Gasteiger partial charge in [0.1, 0.15) is 0 Å². The normalized spacial score (nSPS) is 14.7. The number of rotatable bonds is 2. The Hall–Kier alpha value is -2.61. The van der Waals surface area contributed by atoms with E-state index in [0.717, 1.165) is 5.69 Å². The van der Waals surface area contributed by atoms with Gasteiger partial charge in [-0.15, -0.1) is 0 Å². The third-order valence-electron chi connectivity index (χ3n) is 4.92. The van der Waals surface area contributed by atoms with Gasteiger partial charge in [-0.05, 0) is 43.4 Å². The number of H-pyrrole nitrogens is 1. The molecule has 4 aromatic rings. The molecule has 2 aromatic heterocycles. The molecule has 1 N–H and O–H groups in total. The largest absolute Gasteiger partial charge is 0.358 e. The second kappa shape index (κ2) is 4.69. The molecule has 0 amide bonds. The molecule has 1 fully saturated rings. The second-order valence-corrected chi connectivity index (χ2v) is 6.56. The molecule has 1 aliphatic rings. The van der Waals surface area contributed by atoms with Crippen LogP contribution < -0.4 is 0 Å². The van der Waals surface area contributed by atoms with Gasteiger partial charge in [0.15, 0.2) is 0 Å². The summed E-state index contributed by atoms with van der Waals surface area (Å²) in [7, 11) is 0. The first-order valence-electron chi connectivity index (χ1n) is 8.28. The van der Waals surface area contributed by atoms with E-state index >= 15 is 0 Å². The number of pyridine rings is 1. The molecule has 0 unspecified atom stereocenters. The van der Waals surface area contributed by atoms with Gasteiger partial charge in [-0.1, -0.05) is 42.5 Å². The number of hydrogen-bond donors (Lipinski definition) is 1. The van der Waals surface area contributed by atoms with Crippen LogP contribution in [-0.2, 0) is 0 Å². The van der Waals surface area contributed by atoms with Gasteiger partial charge in [0.25, 0.3) is 0 Å². The van der Waals surface area contributed by atoms with Crippen LogP contribution in [0, 0.1) is 6.92 Å². The predicted octanol–water partition coefficient (Wildman–Crippen LogP) is 5.57. The fourth-order valence-corrected chi connectivity index (χ4v) is 3.64. The highest BCUT2D eigenvalue weighted by molar-refractivity contribution is 5.98. The van der Waals surface area contributed by atoms with Crippen molar-refractivity contribution < 1.29 is 0 Å². The minimum absolute atomic E-state index is 0.713. The van der Waals surface area contributed by atoms with Crippen molar-refractivity contribution in [2.24, 2.45) is 0 Å². The smallest absolute Gasteiger partial charge is 0.0744 e.